The van der Waals surface area contributed by atoms with Gasteiger partial charge >= 0.3 is 0 Å². The molecule has 1 aromatic carbocycles. The van der Waals surface area contributed by atoms with E-state index in [1.807, 2.05) is 52.0 Å². The molecule has 1 atom stereocenters. The Hall–Kier alpha value is -4.34. The standard InChI is InChI=1S/C28H33N7O3/c1-18(2)20-8-10-22(11-9-20)35(25(21-13-15-29-16-14-21)27(37)30-28(4,5)6)24(36)17-34-32-26(31-33-34)23-12-7-19(3)38-23/h7-16,18,25H,17H2,1-6H3,(H,30,37). The van der Waals surface area contributed by atoms with Crippen molar-refractivity contribution in [3.63, 3.8) is 0 Å². The van der Waals surface area contributed by atoms with Gasteiger partial charge in [-0.2, -0.15) is 4.80 Å². The molecule has 0 aliphatic heterocycles. The molecular weight excluding hydrogens is 482 g/mol. The summed E-state index contributed by atoms with van der Waals surface area (Å²) in [7, 11) is 0. The Morgan fingerprint density at radius 1 is 1.00 bits per heavy atom. The van der Waals surface area contributed by atoms with Gasteiger partial charge in [0, 0.05) is 23.6 Å². The topological polar surface area (TPSA) is 119 Å². The highest BCUT2D eigenvalue weighted by Crippen LogP contribution is 2.30. The molecule has 0 bridgehead atoms. The van der Waals surface area contributed by atoms with Gasteiger partial charge in [0.1, 0.15) is 18.3 Å². The quantitative estimate of drug-likeness (QED) is 0.368. The number of aryl methyl sites for hydroxylation is 1. The van der Waals surface area contributed by atoms with Crippen LogP contribution in [0.3, 0.4) is 0 Å². The second-order valence-electron chi connectivity index (χ2n) is 10.5. The average molecular weight is 516 g/mol. The molecule has 38 heavy (non-hydrogen) atoms. The Morgan fingerprint density at radius 3 is 2.26 bits per heavy atom. The van der Waals surface area contributed by atoms with Gasteiger partial charge in [-0.3, -0.25) is 19.5 Å². The van der Waals surface area contributed by atoms with E-state index >= 15 is 0 Å². The maximum atomic E-state index is 13.9. The van der Waals surface area contributed by atoms with Crippen molar-refractivity contribution in [1.82, 2.24) is 30.5 Å². The van der Waals surface area contributed by atoms with E-state index in [0.717, 1.165) is 5.56 Å². The Labute approximate surface area is 222 Å². The molecule has 0 aliphatic rings. The normalized spacial score (nSPS) is 12.4. The molecule has 1 N–H and O–H groups in total. The molecule has 2 amide bonds. The summed E-state index contributed by atoms with van der Waals surface area (Å²) in [6.07, 6.45) is 3.21. The van der Waals surface area contributed by atoms with Crippen LogP contribution in [0.15, 0.2) is 65.3 Å². The zero-order chi connectivity index (χ0) is 27.4. The minimum atomic E-state index is -0.953. The maximum absolute atomic E-state index is 13.9. The number of aromatic nitrogens is 5. The molecule has 1 unspecified atom stereocenters. The number of tetrazole rings is 1. The Morgan fingerprint density at radius 2 is 1.68 bits per heavy atom. The van der Waals surface area contributed by atoms with Crippen LogP contribution in [0.25, 0.3) is 11.6 Å². The number of furan rings is 1. The van der Waals surface area contributed by atoms with Crippen molar-refractivity contribution in [3.8, 4) is 11.6 Å². The second kappa shape index (κ2) is 11.0. The van der Waals surface area contributed by atoms with Gasteiger partial charge in [0.15, 0.2) is 5.76 Å². The first-order valence-corrected chi connectivity index (χ1v) is 12.5. The van der Waals surface area contributed by atoms with Gasteiger partial charge in [0.2, 0.25) is 11.7 Å². The fourth-order valence-corrected chi connectivity index (χ4v) is 4.02. The molecule has 4 aromatic rings. The van der Waals surface area contributed by atoms with E-state index in [9.17, 15) is 9.59 Å². The lowest BCUT2D eigenvalue weighted by molar-refractivity contribution is -0.128. The molecule has 0 saturated carbocycles. The van der Waals surface area contributed by atoms with Crippen LogP contribution in [0.5, 0.6) is 0 Å². The zero-order valence-corrected chi connectivity index (χ0v) is 22.5. The van der Waals surface area contributed by atoms with Gasteiger partial charge < -0.3 is 9.73 Å². The molecule has 3 heterocycles. The van der Waals surface area contributed by atoms with Gasteiger partial charge in [-0.1, -0.05) is 26.0 Å². The lowest BCUT2D eigenvalue weighted by atomic mass is 10.00. The minimum Gasteiger partial charge on any atom is -0.458 e. The number of rotatable bonds is 8. The van der Waals surface area contributed by atoms with Crippen LogP contribution in [0.4, 0.5) is 5.69 Å². The van der Waals surface area contributed by atoms with E-state index in [1.165, 1.54) is 9.70 Å². The van der Waals surface area contributed by atoms with Crippen molar-refractivity contribution in [3.05, 3.63) is 77.8 Å². The third kappa shape index (κ3) is 6.31. The SMILES string of the molecule is Cc1ccc(-c2nnn(CC(=O)N(c3ccc(C(C)C)cc3)C(C(=O)NC(C)(C)C)c3ccncc3)n2)o1. The summed E-state index contributed by atoms with van der Waals surface area (Å²) in [5, 5.41) is 15.4. The number of hydrogen-bond acceptors (Lipinski definition) is 7. The number of amides is 2. The number of nitrogens with zero attached hydrogens (tertiary/aromatic N) is 6. The van der Waals surface area contributed by atoms with Gasteiger partial charge in [-0.05, 0) is 86.4 Å². The van der Waals surface area contributed by atoms with Crippen LogP contribution in [0.2, 0.25) is 0 Å². The van der Waals surface area contributed by atoms with Crippen molar-refractivity contribution in [2.24, 2.45) is 0 Å². The van der Waals surface area contributed by atoms with Gasteiger partial charge in [0.25, 0.3) is 5.91 Å². The molecule has 10 heteroatoms. The summed E-state index contributed by atoms with van der Waals surface area (Å²) in [4.78, 5) is 34.4. The molecule has 10 nitrogen and oxygen atoms in total. The van der Waals surface area contributed by atoms with Crippen LogP contribution in [-0.2, 0) is 16.1 Å². The summed E-state index contributed by atoms with van der Waals surface area (Å²) in [5.74, 6) is 1.07. The van der Waals surface area contributed by atoms with Gasteiger partial charge in [0.05, 0.1) is 0 Å². The Kier molecular flexibility index (Phi) is 7.70. The van der Waals surface area contributed by atoms with Crippen LogP contribution in [-0.4, -0.2) is 42.5 Å². The summed E-state index contributed by atoms with van der Waals surface area (Å²) < 4.78 is 5.58. The average Bonchev–Trinajstić information content (AvgIpc) is 3.50. The Bertz CT molecular complexity index is 1390. The van der Waals surface area contributed by atoms with E-state index in [-0.39, 0.29) is 24.2 Å². The predicted molar refractivity (Wildman–Crippen MR) is 143 cm³/mol. The number of hydrogen-bond donors (Lipinski definition) is 1. The highest BCUT2D eigenvalue weighted by molar-refractivity contribution is 6.01. The first-order valence-electron chi connectivity index (χ1n) is 12.5. The third-order valence-corrected chi connectivity index (χ3v) is 5.82. The number of carbonyl (C=O) groups excluding carboxylic acids is 2. The molecule has 0 aliphatic carbocycles. The lowest BCUT2D eigenvalue weighted by Crippen LogP contribution is -2.50. The number of carbonyl (C=O) groups is 2. The number of anilines is 1. The largest absolute Gasteiger partial charge is 0.458 e. The van der Waals surface area contributed by atoms with Crippen molar-refractivity contribution in [2.45, 2.75) is 65.6 Å². The Balaban J connectivity index is 1.74. The summed E-state index contributed by atoms with van der Waals surface area (Å²) in [5.41, 5.74) is 1.81. The highest BCUT2D eigenvalue weighted by atomic mass is 16.3. The molecule has 0 fully saturated rings. The van der Waals surface area contributed by atoms with Crippen molar-refractivity contribution < 1.29 is 14.0 Å². The molecule has 198 valence electrons. The van der Waals surface area contributed by atoms with Crippen molar-refractivity contribution in [2.75, 3.05) is 4.90 Å². The first-order chi connectivity index (χ1) is 18.0. The van der Waals surface area contributed by atoms with Crippen molar-refractivity contribution in [1.29, 1.82) is 0 Å². The lowest BCUT2D eigenvalue weighted by Gasteiger charge is -2.33. The molecule has 0 radical (unpaired) electrons. The molecule has 4 rings (SSSR count). The van der Waals surface area contributed by atoms with Crippen molar-refractivity contribution >= 4 is 17.5 Å². The second-order valence-corrected chi connectivity index (χ2v) is 10.5. The van der Waals surface area contributed by atoms with E-state index in [0.29, 0.717) is 28.7 Å². The van der Waals surface area contributed by atoms with Gasteiger partial charge in [-0.15, -0.1) is 10.2 Å². The van der Waals surface area contributed by atoms with E-state index < -0.39 is 11.6 Å². The van der Waals surface area contributed by atoms with Crippen LogP contribution < -0.4 is 10.2 Å². The summed E-state index contributed by atoms with van der Waals surface area (Å²) in [6, 6.07) is 13.7. The van der Waals surface area contributed by atoms with E-state index in [2.05, 4.69) is 39.6 Å². The fourth-order valence-electron chi connectivity index (χ4n) is 4.02. The van der Waals surface area contributed by atoms with Gasteiger partial charge in [-0.25, -0.2) is 0 Å². The molecule has 0 saturated heterocycles. The highest BCUT2D eigenvalue weighted by Gasteiger charge is 2.35. The number of pyridine rings is 1. The monoisotopic (exact) mass is 515 g/mol. The molecule has 3 aromatic heterocycles. The minimum absolute atomic E-state index is 0.233. The smallest absolute Gasteiger partial charge is 0.251 e. The number of nitrogens with one attached hydrogen (secondary N) is 1. The van der Waals surface area contributed by atoms with E-state index in [4.69, 9.17) is 4.42 Å². The van der Waals surface area contributed by atoms with Crippen LogP contribution in [0, 0.1) is 6.92 Å². The summed E-state index contributed by atoms with van der Waals surface area (Å²) in [6.45, 7) is 11.5. The molecular formula is C28H33N7O3. The zero-order valence-electron chi connectivity index (χ0n) is 22.5. The first kappa shape index (κ1) is 26.7. The maximum Gasteiger partial charge on any atom is 0.251 e. The van der Waals surface area contributed by atoms with E-state index in [1.54, 1.807) is 36.7 Å². The van der Waals surface area contributed by atoms with Crippen LogP contribution >= 0.6 is 0 Å². The predicted octanol–water partition coefficient (Wildman–Crippen LogP) is 4.45. The number of benzene rings is 1. The molecule has 0 spiro atoms. The fraction of sp³-hybridized carbons (Fsp3) is 0.357. The summed E-state index contributed by atoms with van der Waals surface area (Å²) >= 11 is 0. The third-order valence-electron chi connectivity index (χ3n) is 5.82. The van der Waals surface area contributed by atoms with Crippen LogP contribution in [0.1, 0.15) is 63.5 Å².